The Balaban J connectivity index is 1.37. The molecule has 0 aliphatic carbocycles. The summed E-state index contributed by atoms with van der Waals surface area (Å²) < 4.78 is 1.52. The van der Waals surface area contributed by atoms with Gasteiger partial charge in [-0.25, -0.2) is 5.43 Å². The fourth-order valence-electron chi connectivity index (χ4n) is 4.29. The maximum absolute atomic E-state index is 13.1. The van der Waals surface area contributed by atoms with E-state index in [-0.39, 0.29) is 42.1 Å². The van der Waals surface area contributed by atoms with Crippen LogP contribution in [0, 0.1) is 0 Å². The van der Waals surface area contributed by atoms with E-state index in [2.05, 4.69) is 26.3 Å². The van der Waals surface area contributed by atoms with Crippen molar-refractivity contribution >= 4 is 29.3 Å². The molecule has 5 rings (SSSR count). The molecular formula is C21H21N7O4. The van der Waals surface area contributed by atoms with Gasteiger partial charge in [-0.3, -0.25) is 23.9 Å². The molecule has 11 heteroatoms. The van der Waals surface area contributed by atoms with Crippen LogP contribution in [0.25, 0.3) is 0 Å². The average Bonchev–Trinajstić information content (AvgIpc) is 3.44. The predicted octanol–water partition coefficient (Wildman–Crippen LogP) is -0.642. The van der Waals surface area contributed by atoms with Crippen molar-refractivity contribution in [3.63, 3.8) is 0 Å². The van der Waals surface area contributed by atoms with E-state index in [1.807, 2.05) is 24.3 Å². The first-order valence-electron chi connectivity index (χ1n) is 10.4. The Labute approximate surface area is 182 Å². The molecule has 1 atom stereocenters. The van der Waals surface area contributed by atoms with Crippen molar-refractivity contribution in [1.29, 1.82) is 0 Å². The van der Waals surface area contributed by atoms with E-state index in [9.17, 15) is 19.2 Å². The molecule has 0 saturated carbocycles. The lowest BCUT2D eigenvalue weighted by atomic mass is 9.92. The molecule has 32 heavy (non-hydrogen) atoms. The summed E-state index contributed by atoms with van der Waals surface area (Å²) in [5.74, 6) is -1.33. The molecule has 1 unspecified atom stereocenters. The van der Waals surface area contributed by atoms with Crippen LogP contribution in [0.3, 0.4) is 0 Å². The molecular weight excluding hydrogens is 414 g/mol. The zero-order valence-corrected chi connectivity index (χ0v) is 17.1. The summed E-state index contributed by atoms with van der Waals surface area (Å²) in [4.78, 5) is 51.0. The van der Waals surface area contributed by atoms with Crippen LogP contribution in [0.5, 0.6) is 0 Å². The van der Waals surface area contributed by atoms with Crippen molar-refractivity contribution < 1.29 is 19.2 Å². The minimum atomic E-state index is -0.426. The molecule has 3 aliphatic rings. The number of amides is 4. The van der Waals surface area contributed by atoms with Gasteiger partial charge in [-0.05, 0) is 17.5 Å². The monoisotopic (exact) mass is 435 g/mol. The van der Waals surface area contributed by atoms with Crippen LogP contribution in [0.15, 0.2) is 35.4 Å². The number of hydrogen-bond acceptors (Lipinski definition) is 6. The Hall–Kier alpha value is -4.02. The zero-order valence-electron chi connectivity index (χ0n) is 17.1. The van der Waals surface area contributed by atoms with E-state index < -0.39 is 11.9 Å². The van der Waals surface area contributed by atoms with Gasteiger partial charge in [0.25, 0.3) is 17.7 Å². The molecule has 0 saturated heterocycles. The molecule has 1 aromatic heterocycles. The molecule has 4 heterocycles. The summed E-state index contributed by atoms with van der Waals surface area (Å²) in [6, 6.07) is 8.82. The molecule has 0 bridgehead atoms. The van der Waals surface area contributed by atoms with Crippen LogP contribution in [-0.4, -0.2) is 63.7 Å². The topological polar surface area (TPSA) is 138 Å². The van der Waals surface area contributed by atoms with Crippen molar-refractivity contribution in [3.8, 4) is 0 Å². The van der Waals surface area contributed by atoms with Gasteiger partial charge >= 0.3 is 0 Å². The van der Waals surface area contributed by atoms with Crippen LogP contribution in [0.4, 0.5) is 0 Å². The zero-order chi connectivity index (χ0) is 22.2. The second kappa shape index (κ2) is 7.91. The first-order chi connectivity index (χ1) is 15.5. The SMILES string of the molecule is O=C1CC(C(=O)N2CCc3ccccc3C2CNC(=O)c2cc3n(n2)CCNC3=O)=NN1. The van der Waals surface area contributed by atoms with Gasteiger partial charge in [0.2, 0.25) is 5.91 Å². The fourth-order valence-corrected chi connectivity index (χ4v) is 4.29. The Morgan fingerprint density at radius 1 is 1.19 bits per heavy atom. The highest BCUT2D eigenvalue weighted by molar-refractivity contribution is 6.43. The number of aromatic nitrogens is 2. The van der Waals surface area contributed by atoms with Crippen LogP contribution in [0.2, 0.25) is 0 Å². The lowest BCUT2D eigenvalue weighted by molar-refractivity contribution is -0.127. The number of rotatable bonds is 4. The lowest BCUT2D eigenvalue weighted by Gasteiger charge is -2.37. The molecule has 164 valence electrons. The van der Waals surface area contributed by atoms with Crippen LogP contribution in [-0.2, 0) is 22.6 Å². The van der Waals surface area contributed by atoms with Crippen LogP contribution >= 0.6 is 0 Å². The van der Waals surface area contributed by atoms with Gasteiger partial charge < -0.3 is 15.5 Å². The van der Waals surface area contributed by atoms with Gasteiger partial charge in [-0.2, -0.15) is 10.2 Å². The maximum atomic E-state index is 13.1. The van der Waals surface area contributed by atoms with Crippen molar-refractivity contribution in [2.24, 2.45) is 5.10 Å². The van der Waals surface area contributed by atoms with Crippen molar-refractivity contribution in [2.45, 2.75) is 25.4 Å². The normalized spacial score (nSPS) is 19.4. The second-order valence-electron chi connectivity index (χ2n) is 7.84. The summed E-state index contributed by atoms with van der Waals surface area (Å²) in [6.07, 6.45) is 0.613. The Morgan fingerprint density at radius 2 is 2.03 bits per heavy atom. The summed E-state index contributed by atoms with van der Waals surface area (Å²) in [6.45, 7) is 1.57. The molecule has 11 nitrogen and oxygen atoms in total. The highest BCUT2D eigenvalue weighted by atomic mass is 16.2. The number of hydrazone groups is 1. The second-order valence-corrected chi connectivity index (χ2v) is 7.84. The first-order valence-corrected chi connectivity index (χ1v) is 10.4. The molecule has 3 N–H and O–H groups in total. The van der Waals surface area contributed by atoms with E-state index in [1.165, 1.54) is 10.7 Å². The summed E-state index contributed by atoms with van der Waals surface area (Å²) in [5, 5.41) is 13.7. The Kier molecular flexibility index (Phi) is 4.92. The number of carbonyl (C=O) groups excluding carboxylic acids is 4. The molecule has 4 amide bonds. The predicted molar refractivity (Wildman–Crippen MR) is 112 cm³/mol. The number of fused-ring (bicyclic) bond motifs is 2. The third-order valence-electron chi connectivity index (χ3n) is 5.87. The van der Waals surface area contributed by atoms with Crippen molar-refractivity contribution in [1.82, 2.24) is 30.7 Å². The van der Waals surface area contributed by atoms with E-state index in [0.717, 1.165) is 11.1 Å². The van der Waals surface area contributed by atoms with Gasteiger partial charge in [0, 0.05) is 25.7 Å². The first kappa shape index (κ1) is 19.9. The quantitative estimate of drug-likeness (QED) is 0.587. The third-order valence-corrected chi connectivity index (χ3v) is 5.87. The minimum absolute atomic E-state index is 0.0572. The Bertz CT molecular complexity index is 1170. The largest absolute Gasteiger partial charge is 0.349 e. The number of hydrogen-bond donors (Lipinski definition) is 3. The van der Waals surface area contributed by atoms with E-state index >= 15 is 0 Å². The van der Waals surface area contributed by atoms with Gasteiger partial charge in [-0.1, -0.05) is 24.3 Å². The third kappa shape index (κ3) is 3.51. The van der Waals surface area contributed by atoms with E-state index in [4.69, 9.17) is 0 Å². The van der Waals surface area contributed by atoms with E-state index in [0.29, 0.717) is 31.7 Å². The summed E-state index contributed by atoms with van der Waals surface area (Å²) in [5.41, 5.74) is 5.01. The number of carbonyl (C=O) groups is 4. The molecule has 0 spiro atoms. The maximum Gasteiger partial charge on any atom is 0.271 e. The van der Waals surface area contributed by atoms with Gasteiger partial charge in [-0.15, -0.1) is 0 Å². The number of nitrogens with one attached hydrogen (secondary N) is 3. The van der Waals surface area contributed by atoms with Crippen LogP contribution < -0.4 is 16.1 Å². The minimum Gasteiger partial charge on any atom is -0.349 e. The van der Waals surface area contributed by atoms with Crippen molar-refractivity contribution in [3.05, 3.63) is 52.8 Å². The van der Waals surface area contributed by atoms with Gasteiger partial charge in [0.05, 0.1) is 19.0 Å². The molecule has 1 aromatic carbocycles. The molecule has 3 aliphatic heterocycles. The van der Waals surface area contributed by atoms with Gasteiger partial charge in [0.1, 0.15) is 11.4 Å². The highest BCUT2D eigenvalue weighted by Crippen LogP contribution is 2.30. The highest BCUT2D eigenvalue weighted by Gasteiger charge is 2.35. The smallest absolute Gasteiger partial charge is 0.271 e. The standard InChI is InChI=1S/C21H21N7O4/c29-18-10-15(24-25-18)21(32)27-7-5-12-3-1-2-4-13(12)17(27)11-23-19(30)14-9-16-20(31)22-6-8-28(16)26-14/h1-4,9,17H,5-8,10-11H2,(H,22,31)(H,23,30)(H,25,29). The molecule has 0 radical (unpaired) electrons. The van der Waals surface area contributed by atoms with E-state index in [1.54, 1.807) is 4.90 Å². The molecule has 2 aromatic rings. The summed E-state index contributed by atoms with van der Waals surface area (Å²) in [7, 11) is 0. The Morgan fingerprint density at radius 3 is 2.81 bits per heavy atom. The number of nitrogens with zero attached hydrogens (tertiary/aromatic N) is 4. The van der Waals surface area contributed by atoms with Crippen molar-refractivity contribution in [2.75, 3.05) is 19.6 Å². The van der Waals surface area contributed by atoms with Gasteiger partial charge in [0.15, 0.2) is 5.69 Å². The molecule has 0 fully saturated rings. The summed E-state index contributed by atoms with van der Waals surface area (Å²) >= 11 is 0. The van der Waals surface area contributed by atoms with Crippen LogP contribution in [0.1, 0.15) is 44.6 Å². The lowest BCUT2D eigenvalue weighted by Crippen LogP contribution is -2.47. The number of benzene rings is 1. The fraction of sp³-hybridized carbons (Fsp3) is 0.333. The average molecular weight is 435 g/mol.